The Labute approximate surface area is 154 Å². The van der Waals surface area contributed by atoms with Crippen LogP contribution in [0.4, 0.5) is 0 Å². The zero-order valence-corrected chi connectivity index (χ0v) is 15.2. The molecule has 0 atom stereocenters. The Kier molecular flexibility index (Phi) is 3.39. The van der Waals surface area contributed by atoms with Crippen molar-refractivity contribution in [3.8, 4) is 38.8 Å². The quantitative estimate of drug-likeness (QED) is 0.528. The average molecular weight is 364 g/mol. The predicted octanol–water partition coefficient (Wildman–Crippen LogP) is 4.71. The van der Waals surface area contributed by atoms with Crippen molar-refractivity contribution < 1.29 is 14.2 Å². The fourth-order valence-corrected chi connectivity index (χ4v) is 4.12. The second kappa shape index (κ2) is 5.78. The van der Waals surface area contributed by atoms with E-state index in [4.69, 9.17) is 14.2 Å². The monoisotopic (exact) mass is 364 g/mol. The van der Waals surface area contributed by atoms with Gasteiger partial charge in [-0.1, -0.05) is 6.07 Å². The van der Waals surface area contributed by atoms with Crippen LogP contribution in [0.2, 0.25) is 0 Å². The van der Waals surface area contributed by atoms with E-state index in [9.17, 15) is 0 Å². The molecule has 1 aliphatic heterocycles. The minimum Gasteiger partial charge on any atom is -0.493 e. The summed E-state index contributed by atoms with van der Waals surface area (Å²) in [4.78, 5) is 1.08. The van der Waals surface area contributed by atoms with Gasteiger partial charge in [-0.15, -0.1) is 0 Å². The lowest BCUT2D eigenvalue weighted by Gasteiger charge is -2.09. The molecular formula is C20H16N2O3S. The fraction of sp³-hybridized carbons (Fsp3) is 0.150. The van der Waals surface area contributed by atoms with Crippen LogP contribution >= 0.6 is 11.5 Å². The first-order valence-corrected chi connectivity index (χ1v) is 9.00. The first-order valence-electron chi connectivity index (χ1n) is 8.23. The molecule has 0 N–H and O–H groups in total. The summed E-state index contributed by atoms with van der Waals surface area (Å²) in [5, 5.41) is 1.21. The van der Waals surface area contributed by atoms with Crippen LogP contribution in [0.25, 0.3) is 32.5 Å². The SMILES string of the molecule is COc1cc(-c2sncc2-c2ccc3c(ccn3C)c2)cc2c1OCO2. The Morgan fingerprint density at radius 1 is 1.12 bits per heavy atom. The summed E-state index contributed by atoms with van der Waals surface area (Å²) in [5.74, 6) is 2.04. The molecule has 1 aliphatic rings. The lowest BCUT2D eigenvalue weighted by Crippen LogP contribution is -1.93. The summed E-state index contributed by atoms with van der Waals surface area (Å²) in [6, 6.07) is 12.6. The standard InChI is InChI=1S/C20H16N2O3S/c1-22-6-5-13-7-12(3-4-16(13)22)15-10-21-26-20(15)14-8-17(23-2)19-18(9-14)24-11-25-19/h3-10H,11H2,1-2H3. The maximum atomic E-state index is 5.56. The molecule has 5 rings (SSSR count). The molecule has 0 unspecified atom stereocenters. The Balaban J connectivity index is 1.65. The molecule has 0 saturated carbocycles. The number of hydrogen-bond donors (Lipinski definition) is 0. The van der Waals surface area contributed by atoms with Crippen molar-refractivity contribution in [1.82, 2.24) is 8.94 Å². The molecule has 2 aromatic heterocycles. The average Bonchev–Trinajstić information content (AvgIpc) is 3.40. The van der Waals surface area contributed by atoms with Crippen molar-refractivity contribution in [3.05, 3.63) is 48.8 Å². The van der Waals surface area contributed by atoms with Gasteiger partial charge in [0.2, 0.25) is 12.5 Å². The molecule has 0 radical (unpaired) electrons. The number of rotatable bonds is 3. The summed E-state index contributed by atoms with van der Waals surface area (Å²) < 4.78 is 23.1. The van der Waals surface area contributed by atoms with Crippen molar-refractivity contribution >= 4 is 22.4 Å². The van der Waals surface area contributed by atoms with E-state index in [0.717, 1.165) is 21.6 Å². The van der Waals surface area contributed by atoms with Gasteiger partial charge in [-0.2, -0.15) is 4.37 Å². The molecule has 6 heteroatoms. The highest BCUT2D eigenvalue weighted by atomic mass is 32.1. The predicted molar refractivity (Wildman–Crippen MR) is 102 cm³/mol. The number of fused-ring (bicyclic) bond motifs is 2. The van der Waals surface area contributed by atoms with Gasteiger partial charge in [-0.25, -0.2) is 0 Å². The summed E-state index contributed by atoms with van der Waals surface area (Å²) >= 11 is 1.47. The molecule has 0 bridgehead atoms. The van der Waals surface area contributed by atoms with Crippen molar-refractivity contribution in [1.29, 1.82) is 0 Å². The van der Waals surface area contributed by atoms with E-state index in [1.54, 1.807) is 7.11 Å². The van der Waals surface area contributed by atoms with E-state index < -0.39 is 0 Å². The summed E-state index contributed by atoms with van der Waals surface area (Å²) in [6.07, 6.45) is 3.99. The van der Waals surface area contributed by atoms with Crippen molar-refractivity contribution in [3.63, 3.8) is 0 Å². The number of aryl methyl sites for hydroxylation is 1. The van der Waals surface area contributed by atoms with E-state index in [-0.39, 0.29) is 6.79 Å². The number of aromatic nitrogens is 2. The second-order valence-electron chi connectivity index (χ2n) is 6.18. The lowest BCUT2D eigenvalue weighted by atomic mass is 10.0. The number of benzene rings is 2. The first-order chi connectivity index (χ1) is 12.7. The van der Waals surface area contributed by atoms with E-state index in [2.05, 4.69) is 46.5 Å². The van der Waals surface area contributed by atoms with Gasteiger partial charge >= 0.3 is 0 Å². The van der Waals surface area contributed by atoms with Crippen LogP contribution in [0.15, 0.2) is 48.8 Å². The van der Waals surface area contributed by atoms with Crippen LogP contribution in [0.5, 0.6) is 17.2 Å². The van der Waals surface area contributed by atoms with Crippen molar-refractivity contribution in [2.75, 3.05) is 13.9 Å². The van der Waals surface area contributed by atoms with Crippen molar-refractivity contribution in [2.24, 2.45) is 7.05 Å². The fourth-order valence-electron chi connectivity index (χ4n) is 3.36. The molecule has 5 nitrogen and oxygen atoms in total. The van der Waals surface area contributed by atoms with Gasteiger partial charge in [-0.05, 0) is 47.4 Å². The van der Waals surface area contributed by atoms with E-state index >= 15 is 0 Å². The highest BCUT2D eigenvalue weighted by Crippen LogP contribution is 2.46. The molecule has 4 aromatic rings. The van der Waals surface area contributed by atoms with E-state index in [1.807, 2.05) is 18.3 Å². The number of ether oxygens (including phenoxy) is 3. The third-order valence-corrected chi connectivity index (χ3v) is 5.54. The van der Waals surface area contributed by atoms with Crippen LogP contribution in [0.3, 0.4) is 0 Å². The van der Waals surface area contributed by atoms with Gasteiger partial charge in [0.1, 0.15) is 0 Å². The molecule has 0 aliphatic carbocycles. The minimum atomic E-state index is 0.218. The summed E-state index contributed by atoms with van der Waals surface area (Å²) in [7, 11) is 3.69. The maximum absolute atomic E-state index is 5.56. The number of hydrogen-bond acceptors (Lipinski definition) is 5. The van der Waals surface area contributed by atoms with Crippen molar-refractivity contribution in [2.45, 2.75) is 0 Å². The minimum absolute atomic E-state index is 0.218. The van der Waals surface area contributed by atoms with Gasteiger partial charge in [0.25, 0.3) is 0 Å². The first kappa shape index (κ1) is 15.3. The maximum Gasteiger partial charge on any atom is 0.231 e. The normalized spacial score (nSPS) is 12.7. The lowest BCUT2D eigenvalue weighted by molar-refractivity contribution is 0.171. The van der Waals surface area contributed by atoms with Gasteiger partial charge in [0.05, 0.1) is 12.0 Å². The topological polar surface area (TPSA) is 45.5 Å². The highest BCUT2D eigenvalue weighted by Gasteiger charge is 2.22. The van der Waals surface area contributed by atoms with Gasteiger partial charge < -0.3 is 18.8 Å². The van der Waals surface area contributed by atoms with Crippen LogP contribution < -0.4 is 14.2 Å². The molecule has 130 valence electrons. The van der Waals surface area contributed by atoms with Gasteiger partial charge in [0.15, 0.2) is 11.5 Å². The second-order valence-corrected chi connectivity index (χ2v) is 6.98. The summed E-state index contributed by atoms with van der Waals surface area (Å²) in [6.45, 7) is 0.218. The molecule has 0 saturated heterocycles. The third-order valence-electron chi connectivity index (χ3n) is 4.69. The molecule has 2 aromatic carbocycles. The Morgan fingerprint density at radius 2 is 2.04 bits per heavy atom. The van der Waals surface area contributed by atoms with E-state index in [0.29, 0.717) is 17.2 Å². The van der Waals surface area contributed by atoms with E-state index in [1.165, 1.54) is 22.4 Å². The molecule has 0 amide bonds. The Bertz CT molecular complexity index is 1130. The van der Waals surface area contributed by atoms with Crippen LogP contribution in [-0.2, 0) is 7.05 Å². The molecule has 26 heavy (non-hydrogen) atoms. The summed E-state index contributed by atoms with van der Waals surface area (Å²) in [5.41, 5.74) is 4.46. The zero-order chi connectivity index (χ0) is 17.7. The number of methoxy groups -OCH3 is 1. The Morgan fingerprint density at radius 3 is 2.92 bits per heavy atom. The molecule has 0 fully saturated rings. The number of nitrogens with zero attached hydrogens (tertiary/aromatic N) is 2. The third kappa shape index (κ3) is 2.26. The molecular weight excluding hydrogens is 348 g/mol. The molecule has 0 spiro atoms. The Hall–Kier alpha value is -2.99. The molecule has 3 heterocycles. The van der Waals surface area contributed by atoms with Gasteiger partial charge in [-0.3, -0.25) is 0 Å². The van der Waals surface area contributed by atoms with Crippen LogP contribution in [0, 0.1) is 0 Å². The van der Waals surface area contributed by atoms with Gasteiger partial charge in [0, 0.05) is 41.5 Å². The smallest absolute Gasteiger partial charge is 0.231 e. The highest BCUT2D eigenvalue weighted by molar-refractivity contribution is 7.10. The van der Waals surface area contributed by atoms with Crippen LogP contribution in [-0.4, -0.2) is 22.8 Å². The zero-order valence-electron chi connectivity index (χ0n) is 14.4. The largest absolute Gasteiger partial charge is 0.493 e. The van der Waals surface area contributed by atoms with Crippen LogP contribution in [0.1, 0.15) is 0 Å².